The zero-order chi connectivity index (χ0) is 28.7. The number of nitrogens with one attached hydrogen (secondary N) is 1. The quantitative estimate of drug-likeness (QED) is 0.366. The van der Waals surface area contributed by atoms with Crippen LogP contribution in [-0.2, 0) is 10.0 Å². The van der Waals surface area contributed by atoms with Crippen LogP contribution in [-0.4, -0.2) is 80.9 Å². The summed E-state index contributed by atoms with van der Waals surface area (Å²) < 4.78 is 28.3. The molecule has 0 aliphatic carbocycles. The number of hydrogen-bond acceptors (Lipinski definition) is 9. The van der Waals surface area contributed by atoms with Gasteiger partial charge in [-0.3, -0.25) is 9.69 Å². The molecule has 0 unspecified atom stereocenters. The molecule has 1 fully saturated rings. The maximum atomic E-state index is 13.0. The summed E-state index contributed by atoms with van der Waals surface area (Å²) in [6.45, 7) is 8.94. The molecule has 0 saturated carbocycles. The molecule has 40 heavy (non-hydrogen) atoms. The fraction of sp³-hybridized carbons (Fsp3) is 0.429. The zero-order valence-electron chi connectivity index (χ0n) is 22.8. The number of nitriles is 2. The summed E-state index contributed by atoms with van der Waals surface area (Å²) in [5.74, 6) is -0.270. The van der Waals surface area contributed by atoms with E-state index < -0.39 is 10.0 Å². The van der Waals surface area contributed by atoms with Gasteiger partial charge >= 0.3 is 0 Å². The lowest BCUT2D eigenvalue weighted by atomic mass is 10.1. The first-order chi connectivity index (χ1) is 19.2. The highest BCUT2D eigenvalue weighted by Crippen LogP contribution is 2.32. The summed E-state index contributed by atoms with van der Waals surface area (Å²) in [6.07, 6.45) is 0.0587. The first-order valence-electron chi connectivity index (χ1n) is 13.2. The molecule has 1 aliphatic rings. The van der Waals surface area contributed by atoms with Crippen LogP contribution in [0.15, 0.2) is 41.3 Å². The summed E-state index contributed by atoms with van der Waals surface area (Å²) in [7, 11) is -3.87. The van der Waals surface area contributed by atoms with Crippen molar-refractivity contribution in [2.24, 2.45) is 0 Å². The summed E-state index contributed by atoms with van der Waals surface area (Å²) in [5, 5.41) is 21.7. The Morgan fingerprint density at radius 2 is 1.70 bits per heavy atom. The predicted molar refractivity (Wildman–Crippen MR) is 156 cm³/mol. The van der Waals surface area contributed by atoms with Crippen molar-refractivity contribution in [3.05, 3.63) is 53.1 Å². The SMILES string of the molecule is Cc1cc(C)c2nc(N3CCN(CCNC(=O)c4ccc(S(=O)(=O)N(CCC#N)CCC#N)cc4)CC3)sc2c1. The molecule has 1 amide bonds. The number of carbonyl (C=O) groups excluding carboxylic acids is 1. The van der Waals surface area contributed by atoms with Crippen LogP contribution in [0.1, 0.15) is 34.3 Å². The Morgan fingerprint density at radius 1 is 1.05 bits per heavy atom. The van der Waals surface area contributed by atoms with Gasteiger partial charge in [0.25, 0.3) is 5.91 Å². The molecule has 210 valence electrons. The van der Waals surface area contributed by atoms with Crippen molar-refractivity contribution in [2.75, 3.05) is 57.3 Å². The third kappa shape index (κ3) is 6.95. The van der Waals surface area contributed by atoms with E-state index in [-0.39, 0.29) is 36.7 Å². The van der Waals surface area contributed by atoms with Crippen molar-refractivity contribution in [3.63, 3.8) is 0 Å². The molecular formula is C28H33N7O3S2. The van der Waals surface area contributed by atoms with Crippen LogP contribution in [0.2, 0.25) is 0 Å². The van der Waals surface area contributed by atoms with Gasteiger partial charge in [-0.05, 0) is 55.3 Å². The number of carbonyl (C=O) groups is 1. The van der Waals surface area contributed by atoms with Gasteiger partial charge in [-0.25, -0.2) is 13.4 Å². The third-order valence-corrected chi connectivity index (χ3v) is 9.85. The number of piperazine rings is 1. The lowest BCUT2D eigenvalue weighted by molar-refractivity contribution is 0.0947. The average molecular weight is 580 g/mol. The summed E-state index contributed by atoms with van der Waals surface area (Å²) >= 11 is 1.74. The zero-order valence-corrected chi connectivity index (χ0v) is 24.4. The highest BCUT2D eigenvalue weighted by atomic mass is 32.2. The number of anilines is 1. The van der Waals surface area contributed by atoms with E-state index in [2.05, 4.69) is 41.1 Å². The van der Waals surface area contributed by atoms with Crippen molar-refractivity contribution in [1.82, 2.24) is 19.5 Å². The van der Waals surface area contributed by atoms with E-state index in [0.29, 0.717) is 12.1 Å². The van der Waals surface area contributed by atoms with Crippen LogP contribution in [0.5, 0.6) is 0 Å². The molecule has 10 nitrogen and oxygen atoms in total. The number of thiazole rings is 1. The van der Waals surface area contributed by atoms with Crippen molar-refractivity contribution >= 4 is 42.6 Å². The van der Waals surface area contributed by atoms with E-state index in [1.165, 1.54) is 40.1 Å². The highest BCUT2D eigenvalue weighted by molar-refractivity contribution is 7.89. The second-order valence-electron chi connectivity index (χ2n) is 9.75. The predicted octanol–water partition coefficient (Wildman–Crippen LogP) is 3.28. The average Bonchev–Trinajstić information content (AvgIpc) is 3.38. The van der Waals surface area contributed by atoms with Gasteiger partial charge in [0.2, 0.25) is 10.0 Å². The van der Waals surface area contributed by atoms with E-state index in [1.807, 2.05) is 12.1 Å². The van der Waals surface area contributed by atoms with E-state index in [0.717, 1.165) is 47.7 Å². The Kier molecular flexibility index (Phi) is 9.71. The number of benzene rings is 2. The molecule has 0 atom stereocenters. The minimum Gasteiger partial charge on any atom is -0.351 e. The molecule has 1 aliphatic heterocycles. The number of aryl methyl sites for hydroxylation is 2. The number of amides is 1. The summed E-state index contributed by atoms with van der Waals surface area (Å²) in [5.41, 5.74) is 3.90. The van der Waals surface area contributed by atoms with Gasteiger partial charge in [-0.15, -0.1) is 0 Å². The van der Waals surface area contributed by atoms with Gasteiger partial charge in [0.1, 0.15) is 0 Å². The topological polar surface area (TPSA) is 133 Å². The standard InChI is InChI=1S/C28H33N7O3S2/c1-21-19-22(2)26-25(20-21)39-28(32-26)34-17-15-33(16-18-34)14-11-31-27(36)23-5-7-24(8-6-23)40(37,38)35(12-3-9-29)13-4-10-30/h5-8,19-20H,3-4,11-18H2,1-2H3,(H,31,36). The Morgan fingerprint density at radius 3 is 2.33 bits per heavy atom. The molecule has 2 aromatic carbocycles. The second-order valence-corrected chi connectivity index (χ2v) is 12.7. The van der Waals surface area contributed by atoms with Gasteiger partial charge in [-0.1, -0.05) is 17.4 Å². The van der Waals surface area contributed by atoms with E-state index in [9.17, 15) is 13.2 Å². The lowest BCUT2D eigenvalue weighted by Gasteiger charge is -2.34. The fourth-order valence-corrected chi connectivity index (χ4v) is 7.35. The normalized spacial score (nSPS) is 14.3. The molecule has 0 bridgehead atoms. The van der Waals surface area contributed by atoms with Gasteiger partial charge in [0.05, 0.1) is 27.3 Å². The Balaban J connectivity index is 1.26. The molecule has 3 aromatic rings. The van der Waals surface area contributed by atoms with E-state index in [1.54, 1.807) is 11.3 Å². The van der Waals surface area contributed by atoms with Gasteiger partial charge in [-0.2, -0.15) is 14.8 Å². The molecule has 1 saturated heterocycles. The summed E-state index contributed by atoms with van der Waals surface area (Å²) in [4.78, 5) is 22.2. The molecule has 0 radical (unpaired) electrons. The number of sulfonamides is 1. The van der Waals surface area contributed by atoms with Crippen molar-refractivity contribution in [3.8, 4) is 12.1 Å². The number of hydrogen-bond donors (Lipinski definition) is 1. The van der Waals surface area contributed by atoms with Gasteiger partial charge in [0, 0.05) is 70.8 Å². The number of fused-ring (bicyclic) bond motifs is 1. The maximum absolute atomic E-state index is 13.0. The molecule has 4 rings (SSSR count). The van der Waals surface area contributed by atoms with Gasteiger partial charge < -0.3 is 10.2 Å². The minimum absolute atomic E-state index is 0.0109. The van der Waals surface area contributed by atoms with Crippen LogP contribution in [0.25, 0.3) is 10.2 Å². The smallest absolute Gasteiger partial charge is 0.251 e. The molecule has 2 heterocycles. The molecule has 12 heteroatoms. The van der Waals surface area contributed by atoms with Crippen molar-refractivity contribution in [1.29, 1.82) is 10.5 Å². The van der Waals surface area contributed by atoms with Crippen molar-refractivity contribution in [2.45, 2.75) is 31.6 Å². The third-order valence-electron chi connectivity index (χ3n) is 6.88. The van der Waals surface area contributed by atoms with Crippen LogP contribution in [0.4, 0.5) is 5.13 Å². The Hall–Kier alpha value is -3.55. The molecule has 1 aromatic heterocycles. The Bertz CT molecular complexity index is 1510. The van der Waals surface area contributed by atoms with Crippen LogP contribution >= 0.6 is 11.3 Å². The largest absolute Gasteiger partial charge is 0.351 e. The van der Waals surface area contributed by atoms with Crippen LogP contribution < -0.4 is 10.2 Å². The van der Waals surface area contributed by atoms with E-state index >= 15 is 0 Å². The highest BCUT2D eigenvalue weighted by Gasteiger charge is 2.24. The Labute approximate surface area is 239 Å². The van der Waals surface area contributed by atoms with Gasteiger partial charge in [0.15, 0.2) is 5.13 Å². The van der Waals surface area contributed by atoms with Crippen LogP contribution in [0.3, 0.4) is 0 Å². The summed E-state index contributed by atoms with van der Waals surface area (Å²) in [6, 6.07) is 14.0. The maximum Gasteiger partial charge on any atom is 0.251 e. The number of aromatic nitrogens is 1. The molecular weight excluding hydrogens is 546 g/mol. The minimum atomic E-state index is -3.87. The lowest BCUT2D eigenvalue weighted by Crippen LogP contribution is -2.48. The first-order valence-corrected chi connectivity index (χ1v) is 15.5. The van der Waals surface area contributed by atoms with Crippen LogP contribution in [0, 0.1) is 36.5 Å². The monoisotopic (exact) mass is 579 g/mol. The second kappa shape index (κ2) is 13.2. The first kappa shape index (κ1) is 29.4. The number of rotatable bonds is 11. The van der Waals surface area contributed by atoms with Crippen molar-refractivity contribution < 1.29 is 13.2 Å². The number of nitrogens with zero attached hydrogens (tertiary/aromatic N) is 6. The van der Waals surface area contributed by atoms with E-state index in [4.69, 9.17) is 15.5 Å². The molecule has 1 N–H and O–H groups in total. The fourth-order valence-electron chi connectivity index (χ4n) is 4.72. The molecule has 0 spiro atoms.